The molecule has 10 heteroatoms. The highest BCUT2D eigenvalue weighted by molar-refractivity contribution is 5.62. The van der Waals surface area contributed by atoms with Gasteiger partial charge in [0.25, 0.3) is 0 Å². The zero-order valence-electron chi connectivity index (χ0n) is 25.7. The van der Waals surface area contributed by atoms with E-state index < -0.39 is 0 Å². The van der Waals surface area contributed by atoms with Crippen LogP contribution in [0.5, 0.6) is 0 Å². The highest BCUT2D eigenvalue weighted by Crippen LogP contribution is 2.30. The quantitative estimate of drug-likeness (QED) is 0.266. The van der Waals surface area contributed by atoms with Crippen molar-refractivity contribution in [3.8, 4) is 11.4 Å². The molecule has 3 aromatic heterocycles. The van der Waals surface area contributed by atoms with Gasteiger partial charge >= 0.3 is 0 Å². The van der Waals surface area contributed by atoms with Crippen LogP contribution >= 0.6 is 0 Å². The predicted octanol–water partition coefficient (Wildman–Crippen LogP) is 5.68. The van der Waals surface area contributed by atoms with Crippen LogP contribution < -0.4 is 9.80 Å². The van der Waals surface area contributed by atoms with Crippen LogP contribution in [0.2, 0.25) is 0 Å². The monoisotopic (exact) mass is 589 g/mol. The molecule has 0 bridgehead atoms. The van der Waals surface area contributed by atoms with Gasteiger partial charge in [-0.1, -0.05) is 39.0 Å². The summed E-state index contributed by atoms with van der Waals surface area (Å²) in [5.74, 6) is 1.53. The summed E-state index contributed by atoms with van der Waals surface area (Å²) in [5, 5.41) is 4.98. The van der Waals surface area contributed by atoms with Crippen LogP contribution in [-0.4, -0.2) is 83.8 Å². The SMILES string of the molecule is C=C.C=O.CC.CCCN1CCN(c2cccc(-c3cnc4ccc(N5CCOCC5c5cccc(F)c5)nn34)n2)CC1. The van der Waals surface area contributed by atoms with Gasteiger partial charge in [-0.05, 0) is 54.9 Å². The molecular formula is C33H44FN7O2. The summed E-state index contributed by atoms with van der Waals surface area (Å²) in [5.41, 5.74) is 3.32. The van der Waals surface area contributed by atoms with Crippen molar-refractivity contribution in [3.05, 3.63) is 85.3 Å². The summed E-state index contributed by atoms with van der Waals surface area (Å²) < 4.78 is 21.6. The number of hydrogen-bond donors (Lipinski definition) is 0. The number of halogens is 1. The van der Waals surface area contributed by atoms with Crippen molar-refractivity contribution in [2.75, 3.05) is 62.3 Å². The van der Waals surface area contributed by atoms with Crippen molar-refractivity contribution in [2.45, 2.75) is 33.2 Å². The Morgan fingerprint density at radius 1 is 0.953 bits per heavy atom. The molecule has 4 aromatic rings. The molecule has 2 fully saturated rings. The number of carbonyl (C=O) groups excluding carboxylic acids is 1. The standard InChI is InChI=1S/C28H32FN7O.C2H6.C2H4.CH2O/c1-2-11-33-12-14-34(15-13-33)27-8-4-7-23(31-27)24-19-30-26-9-10-28(32-36(24)26)35-16-17-37-20-25(35)21-5-3-6-22(29)18-21;3*1-2/h3-10,18-19,25H,2,11-17,20H2,1H3;1-2H3;1-2H2;1H2. The average molecular weight is 590 g/mol. The molecule has 2 aliphatic heterocycles. The Morgan fingerprint density at radius 2 is 1.70 bits per heavy atom. The van der Waals surface area contributed by atoms with Crippen LogP contribution in [0.4, 0.5) is 16.0 Å². The van der Waals surface area contributed by atoms with Gasteiger partial charge in [0.15, 0.2) is 5.65 Å². The molecule has 0 radical (unpaired) electrons. The van der Waals surface area contributed by atoms with Gasteiger partial charge in [-0.2, -0.15) is 0 Å². The lowest BCUT2D eigenvalue weighted by Crippen LogP contribution is -2.46. The first kappa shape index (κ1) is 33.4. The number of aromatic nitrogens is 4. The molecule has 2 aliphatic rings. The molecule has 0 saturated carbocycles. The largest absolute Gasteiger partial charge is 0.377 e. The molecular weight excluding hydrogens is 545 g/mol. The van der Waals surface area contributed by atoms with Crippen molar-refractivity contribution in [2.24, 2.45) is 0 Å². The van der Waals surface area contributed by atoms with Crippen LogP contribution in [0.15, 0.2) is 74.0 Å². The molecule has 2 saturated heterocycles. The summed E-state index contributed by atoms with van der Waals surface area (Å²) in [6, 6.07) is 16.7. The second-order valence-corrected chi connectivity index (χ2v) is 9.65. The van der Waals surface area contributed by atoms with Gasteiger partial charge in [-0.3, -0.25) is 4.90 Å². The van der Waals surface area contributed by atoms with Crippen molar-refractivity contribution in [1.29, 1.82) is 0 Å². The molecule has 1 aromatic carbocycles. The van der Waals surface area contributed by atoms with Gasteiger partial charge in [-0.15, -0.1) is 18.3 Å². The summed E-state index contributed by atoms with van der Waals surface area (Å²) in [6.07, 6.45) is 3.02. The zero-order valence-corrected chi connectivity index (χ0v) is 25.7. The minimum atomic E-state index is -0.249. The normalized spacial score (nSPS) is 16.7. The number of imidazole rings is 1. The smallest absolute Gasteiger partial charge is 0.154 e. The highest BCUT2D eigenvalue weighted by Gasteiger charge is 2.27. The molecule has 0 N–H and O–H groups in total. The number of benzene rings is 1. The zero-order chi connectivity index (χ0) is 31.2. The summed E-state index contributed by atoms with van der Waals surface area (Å²) >= 11 is 0. The summed E-state index contributed by atoms with van der Waals surface area (Å²) in [4.78, 5) is 24.6. The number of pyridine rings is 1. The molecule has 0 aliphatic carbocycles. The first-order chi connectivity index (χ1) is 21.2. The second kappa shape index (κ2) is 17.1. The molecule has 0 amide bonds. The highest BCUT2D eigenvalue weighted by atomic mass is 19.1. The number of hydrogen-bond acceptors (Lipinski definition) is 8. The topological polar surface area (TPSA) is 79.1 Å². The van der Waals surface area contributed by atoms with Crippen molar-refractivity contribution < 1.29 is 13.9 Å². The van der Waals surface area contributed by atoms with Gasteiger partial charge in [0, 0.05) is 32.7 Å². The Morgan fingerprint density at radius 3 is 2.42 bits per heavy atom. The van der Waals surface area contributed by atoms with Crippen molar-refractivity contribution in [3.63, 3.8) is 0 Å². The fourth-order valence-electron chi connectivity index (χ4n) is 5.32. The maximum Gasteiger partial charge on any atom is 0.154 e. The van der Waals surface area contributed by atoms with E-state index in [0.717, 1.165) is 67.0 Å². The van der Waals surface area contributed by atoms with E-state index in [1.807, 2.05) is 55.6 Å². The molecule has 6 rings (SSSR count). The van der Waals surface area contributed by atoms with E-state index in [9.17, 15) is 4.39 Å². The number of carbonyl (C=O) groups is 1. The number of ether oxygens (including phenoxy) is 1. The van der Waals surface area contributed by atoms with E-state index in [-0.39, 0.29) is 11.9 Å². The third-order valence-electron chi connectivity index (χ3n) is 7.24. The van der Waals surface area contributed by atoms with Gasteiger partial charge in [0.1, 0.15) is 29.9 Å². The van der Waals surface area contributed by atoms with Crippen LogP contribution in [0.3, 0.4) is 0 Å². The Balaban J connectivity index is 0.000000796. The molecule has 5 heterocycles. The van der Waals surface area contributed by atoms with Gasteiger partial charge in [0.05, 0.1) is 31.1 Å². The minimum absolute atomic E-state index is 0.116. The van der Waals surface area contributed by atoms with E-state index in [0.29, 0.717) is 19.8 Å². The lowest BCUT2D eigenvalue weighted by Gasteiger charge is -2.36. The van der Waals surface area contributed by atoms with Crippen molar-refractivity contribution >= 4 is 24.1 Å². The third-order valence-corrected chi connectivity index (χ3v) is 7.24. The van der Waals surface area contributed by atoms with Crippen LogP contribution in [0.25, 0.3) is 17.0 Å². The number of morpholine rings is 1. The van der Waals surface area contributed by atoms with E-state index in [4.69, 9.17) is 19.6 Å². The lowest BCUT2D eigenvalue weighted by molar-refractivity contribution is -0.0980. The molecule has 43 heavy (non-hydrogen) atoms. The minimum Gasteiger partial charge on any atom is -0.377 e. The van der Waals surface area contributed by atoms with E-state index in [1.54, 1.807) is 12.1 Å². The molecule has 1 unspecified atom stereocenters. The van der Waals surface area contributed by atoms with Gasteiger partial charge < -0.3 is 19.3 Å². The fraction of sp³-hybridized carbons (Fsp3) is 0.394. The van der Waals surface area contributed by atoms with Gasteiger partial charge in [-0.25, -0.2) is 18.9 Å². The summed E-state index contributed by atoms with van der Waals surface area (Å²) in [6.45, 7) is 21.2. The Hall–Kier alpha value is -4.15. The van der Waals surface area contributed by atoms with E-state index >= 15 is 0 Å². The summed E-state index contributed by atoms with van der Waals surface area (Å²) in [7, 11) is 0. The first-order valence-electron chi connectivity index (χ1n) is 14.9. The fourth-order valence-corrected chi connectivity index (χ4v) is 5.32. The third kappa shape index (κ3) is 8.03. The Labute approximate surface area is 254 Å². The molecule has 1 atom stereocenters. The Kier molecular flexibility index (Phi) is 13.3. The van der Waals surface area contributed by atoms with Crippen LogP contribution in [0, 0.1) is 5.82 Å². The first-order valence-corrected chi connectivity index (χ1v) is 14.9. The van der Waals surface area contributed by atoms with Gasteiger partial charge in [0.2, 0.25) is 0 Å². The number of nitrogens with zero attached hydrogens (tertiary/aromatic N) is 7. The van der Waals surface area contributed by atoms with Crippen molar-refractivity contribution in [1.82, 2.24) is 24.5 Å². The Bertz CT molecular complexity index is 1410. The second-order valence-electron chi connectivity index (χ2n) is 9.65. The number of piperazine rings is 1. The van der Waals surface area contributed by atoms with E-state index in [2.05, 4.69) is 51.9 Å². The average Bonchev–Trinajstić information content (AvgIpc) is 3.52. The number of fused-ring (bicyclic) bond motifs is 1. The lowest BCUT2D eigenvalue weighted by atomic mass is 10.0. The molecule has 0 spiro atoms. The molecule has 9 nitrogen and oxygen atoms in total. The number of rotatable bonds is 6. The van der Waals surface area contributed by atoms with Crippen LogP contribution in [0.1, 0.15) is 38.8 Å². The predicted molar refractivity (Wildman–Crippen MR) is 172 cm³/mol. The van der Waals surface area contributed by atoms with E-state index in [1.165, 1.54) is 12.5 Å². The van der Waals surface area contributed by atoms with Crippen LogP contribution in [-0.2, 0) is 9.53 Å². The number of anilines is 2. The maximum atomic E-state index is 14.0. The molecule has 230 valence electrons. The maximum absolute atomic E-state index is 14.0.